The van der Waals surface area contributed by atoms with E-state index in [0.717, 1.165) is 43.3 Å². The topological polar surface area (TPSA) is 29.9 Å². The number of ether oxygens (including phenoxy) is 1. The van der Waals surface area contributed by atoms with Crippen LogP contribution in [0.2, 0.25) is 0 Å². The molecule has 2 heterocycles. The van der Waals surface area contributed by atoms with Gasteiger partial charge in [-0.25, -0.2) is 4.39 Å². The van der Waals surface area contributed by atoms with Gasteiger partial charge in [0.15, 0.2) is 4.77 Å². The van der Waals surface area contributed by atoms with Crippen LogP contribution in [0, 0.1) is 10.6 Å². The maximum absolute atomic E-state index is 13.4. The van der Waals surface area contributed by atoms with Gasteiger partial charge in [0, 0.05) is 12.6 Å². The zero-order valence-electron chi connectivity index (χ0n) is 12.5. The average Bonchev–Trinajstić information content (AvgIpc) is 2.82. The highest BCUT2D eigenvalue weighted by Crippen LogP contribution is 2.38. The number of rotatable bonds is 3. The third kappa shape index (κ3) is 2.53. The molecule has 0 amide bonds. The molecule has 5 heteroatoms. The predicted molar refractivity (Wildman–Crippen MR) is 84.6 cm³/mol. The number of nitrogens with zero attached hydrogens (tertiary/aromatic N) is 1. The Labute approximate surface area is 129 Å². The van der Waals surface area contributed by atoms with Gasteiger partial charge in [-0.15, -0.1) is 0 Å². The van der Waals surface area contributed by atoms with Crippen LogP contribution >= 0.6 is 12.2 Å². The molecule has 1 saturated heterocycles. The second-order valence-electron chi connectivity index (χ2n) is 5.85. The summed E-state index contributed by atoms with van der Waals surface area (Å²) in [6, 6.07) is 5.12. The third-order valence-corrected chi connectivity index (χ3v) is 5.10. The lowest BCUT2D eigenvalue weighted by Gasteiger charge is -2.40. The Morgan fingerprint density at radius 1 is 1.43 bits per heavy atom. The molecular formula is C16H21FN2OS. The predicted octanol–water partition coefficient (Wildman–Crippen LogP) is 4.75. The molecular weight excluding hydrogens is 287 g/mol. The second-order valence-corrected chi connectivity index (χ2v) is 6.23. The van der Waals surface area contributed by atoms with E-state index in [0.29, 0.717) is 10.8 Å². The normalized spacial score (nSPS) is 21.8. The monoisotopic (exact) mass is 308 g/mol. The number of halogens is 1. The number of aromatic amines is 1. The molecule has 1 aliphatic heterocycles. The first-order valence-electron chi connectivity index (χ1n) is 7.62. The quantitative estimate of drug-likeness (QED) is 0.829. The number of fused-ring (bicyclic) bond motifs is 1. The van der Waals surface area contributed by atoms with Crippen LogP contribution in [0.15, 0.2) is 18.2 Å². The molecule has 0 spiro atoms. The van der Waals surface area contributed by atoms with Crippen molar-refractivity contribution in [2.75, 3.05) is 6.61 Å². The highest BCUT2D eigenvalue weighted by atomic mass is 32.1. The van der Waals surface area contributed by atoms with E-state index in [9.17, 15) is 4.39 Å². The van der Waals surface area contributed by atoms with Crippen LogP contribution in [0.3, 0.4) is 0 Å². The van der Waals surface area contributed by atoms with Crippen LogP contribution in [0.1, 0.15) is 45.6 Å². The molecule has 3 rings (SSSR count). The second kappa shape index (κ2) is 5.54. The third-order valence-electron chi connectivity index (χ3n) is 4.80. The minimum absolute atomic E-state index is 0.0543. The number of H-pyrrole nitrogens is 1. The first-order chi connectivity index (χ1) is 10.1. The molecule has 1 unspecified atom stereocenters. The molecule has 1 atom stereocenters. The maximum atomic E-state index is 13.4. The van der Waals surface area contributed by atoms with Crippen molar-refractivity contribution >= 4 is 23.3 Å². The molecule has 0 bridgehead atoms. The summed E-state index contributed by atoms with van der Waals surface area (Å²) in [5, 5.41) is 0. The van der Waals surface area contributed by atoms with Crippen molar-refractivity contribution in [2.45, 2.75) is 51.2 Å². The number of aromatic nitrogens is 2. The molecule has 1 aliphatic rings. The van der Waals surface area contributed by atoms with E-state index in [-0.39, 0.29) is 11.4 Å². The molecule has 114 valence electrons. The van der Waals surface area contributed by atoms with Crippen LogP contribution in [-0.4, -0.2) is 21.8 Å². The minimum atomic E-state index is -0.241. The van der Waals surface area contributed by atoms with Crippen molar-refractivity contribution in [3.63, 3.8) is 0 Å². The van der Waals surface area contributed by atoms with Crippen molar-refractivity contribution in [3.05, 3.63) is 28.8 Å². The highest BCUT2D eigenvalue weighted by Gasteiger charge is 2.35. The van der Waals surface area contributed by atoms with E-state index in [1.54, 1.807) is 0 Å². The van der Waals surface area contributed by atoms with Gasteiger partial charge < -0.3 is 14.3 Å². The van der Waals surface area contributed by atoms with Gasteiger partial charge >= 0.3 is 0 Å². The Morgan fingerprint density at radius 3 is 2.90 bits per heavy atom. The summed E-state index contributed by atoms with van der Waals surface area (Å²) >= 11 is 5.47. The van der Waals surface area contributed by atoms with Crippen molar-refractivity contribution in [1.82, 2.24) is 9.55 Å². The number of nitrogens with one attached hydrogen (secondary N) is 1. The van der Waals surface area contributed by atoms with Crippen LogP contribution in [0.25, 0.3) is 11.0 Å². The summed E-state index contributed by atoms with van der Waals surface area (Å²) in [6.45, 7) is 5.10. The van der Waals surface area contributed by atoms with Gasteiger partial charge in [0.1, 0.15) is 5.82 Å². The van der Waals surface area contributed by atoms with E-state index < -0.39 is 0 Å². The van der Waals surface area contributed by atoms with Gasteiger partial charge in [0.05, 0.1) is 16.6 Å². The molecule has 1 N–H and O–H groups in total. The molecule has 0 saturated carbocycles. The lowest BCUT2D eigenvalue weighted by molar-refractivity contribution is -0.0983. The van der Waals surface area contributed by atoms with E-state index in [1.807, 2.05) is 6.07 Å². The maximum Gasteiger partial charge on any atom is 0.178 e. The Morgan fingerprint density at radius 2 is 2.19 bits per heavy atom. The summed E-state index contributed by atoms with van der Waals surface area (Å²) in [4.78, 5) is 3.13. The molecule has 0 aliphatic carbocycles. The fourth-order valence-corrected chi connectivity index (χ4v) is 3.79. The van der Waals surface area contributed by atoms with Crippen LogP contribution in [-0.2, 0) is 4.74 Å². The molecule has 1 aromatic heterocycles. The van der Waals surface area contributed by atoms with Gasteiger partial charge in [-0.3, -0.25) is 0 Å². The Hall–Kier alpha value is -1.20. The van der Waals surface area contributed by atoms with E-state index in [4.69, 9.17) is 17.0 Å². The van der Waals surface area contributed by atoms with Crippen LogP contribution in [0.4, 0.5) is 4.39 Å². The molecule has 21 heavy (non-hydrogen) atoms. The summed E-state index contributed by atoms with van der Waals surface area (Å²) in [5.41, 5.74) is 1.70. The summed E-state index contributed by atoms with van der Waals surface area (Å²) in [6.07, 6.45) is 3.91. The van der Waals surface area contributed by atoms with Crippen LogP contribution < -0.4 is 0 Å². The van der Waals surface area contributed by atoms with E-state index >= 15 is 0 Å². The number of hydrogen-bond acceptors (Lipinski definition) is 2. The summed E-state index contributed by atoms with van der Waals surface area (Å²) in [7, 11) is 0. The van der Waals surface area contributed by atoms with Gasteiger partial charge in [-0.1, -0.05) is 13.8 Å². The van der Waals surface area contributed by atoms with Crippen LogP contribution in [0.5, 0.6) is 0 Å². The first-order valence-corrected chi connectivity index (χ1v) is 8.03. The lowest BCUT2D eigenvalue weighted by Crippen LogP contribution is -2.39. The largest absolute Gasteiger partial charge is 0.375 e. The number of hydrogen-bond donors (Lipinski definition) is 1. The van der Waals surface area contributed by atoms with Crippen molar-refractivity contribution in [1.29, 1.82) is 0 Å². The van der Waals surface area contributed by atoms with Gasteiger partial charge in [-0.2, -0.15) is 0 Å². The molecule has 2 aromatic rings. The zero-order chi connectivity index (χ0) is 15.0. The number of imidazole rings is 1. The fraction of sp³-hybridized carbons (Fsp3) is 0.562. The lowest BCUT2D eigenvalue weighted by atomic mass is 9.86. The van der Waals surface area contributed by atoms with Gasteiger partial charge in [-0.05, 0) is 56.1 Å². The van der Waals surface area contributed by atoms with Crippen molar-refractivity contribution < 1.29 is 9.13 Å². The molecule has 0 radical (unpaired) electrons. The average molecular weight is 308 g/mol. The SMILES string of the molecule is CCC1(CC)CC(n2c(=S)[nH]c3cc(F)ccc32)CCO1. The smallest absolute Gasteiger partial charge is 0.178 e. The van der Waals surface area contributed by atoms with Gasteiger partial charge in [0.2, 0.25) is 0 Å². The van der Waals surface area contributed by atoms with Crippen molar-refractivity contribution in [2.24, 2.45) is 0 Å². The molecule has 1 aromatic carbocycles. The molecule has 1 fully saturated rings. The fourth-order valence-electron chi connectivity index (χ4n) is 3.43. The Bertz CT molecular complexity index is 702. The number of benzene rings is 1. The van der Waals surface area contributed by atoms with Crippen molar-refractivity contribution in [3.8, 4) is 0 Å². The van der Waals surface area contributed by atoms with E-state index in [1.165, 1.54) is 12.1 Å². The Kier molecular flexibility index (Phi) is 3.88. The standard InChI is InChI=1S/C16H21FN2OS/c1-3-16(4-2)10-12(7-8-20-16)19-14-6-5-11(17)9-13(14)18-15(19)21/h5-6,9,12H,3-4,7-8,10H2,1-2H3,(H,18,21). The summed E-state index contributed by atoms with van der Waals surface area (Å²) < 4.78 is 22.2. The first kappa shape index (κ1) is 14.7. The Balaban J connectivity index is 2.04. The summed E-state index contributed by atoms with van der Waals surface area (Å²) in [5.74, 6) is -0.241. The van der Waals surface area contributed by atoms with E-state index in [2.05, 4.69) is 23.4 Å². The minimum Gasteiger partial charge on any atom is -0.375 e. The zero-order valence-corrected chi connectivity index (χ0v) is 13.3. The highest BCUT2D eigenvalue weighted by molar-refractivity contribution is 7.71. The molecule has 3 nitrogen and oxygen atoms in total. The van der Waals surface area contributed by atoms with Gasteiger partial charge in [0.25, 0.3) is 0 Å².